The molecule has 0 fully saturated rings. The van der Waals surface area contributed by atoms with Gasteiger partial charge in [0.15, 0.2) is 13.2 Å². The van der Waals surface area contributed by atoms with Gasteiger partial charge in [-0.25, -0.2) is 4.79 Å². The summed E-state index contributed by atoms with van der Waals surface area (Å²) in [4.78, 5) is 11.5. The van der Waals surface area contributed by atoms with Gasteiger partial charge >= 0.3 is 18.1 Å². The molecule has 0 spiro atoms. The first kappa shape index (κ1) is 27.2. The van der Waals surface area contributed by atoms with E-state index in [1.807, 2.05) is 12.1 Å². The van der Waals surface area contributed by atoms with Crippen LogP contribution in [0.1, 0.15) is 66.9 Å². The molecule has 178 valence electrons. The maximum absolute atomic E-state index is 12.8. The number of ether oxygens (including phenoxy) is 2. The fourth-order valence-electron chi connectivity index (χ4n) is 3.24. The molecule has 0 aliphatic heterocycles. The molecule has 0 aliphatic rings. The molecular formula is C23H33F5O3. The highest BCUT2D eigenvalue weighted by Crippen LogP contribution is 2.49. The summed E-state index contributed by atoms with van der Waals surface area (Å²) in [7, 11) is 0. The highest BCUT2D eigenvalue weighted by atomic mass is 19.4. The first-order chi connectivity index (χ1) is 13.8. The van der Waals surface area contributed by atoms with Gasteiger partial charge in [0.1, 0.15) is 5.75 Å². The van der Waals surface area contributed by atoms with E-state index in [-0.39, 0.29) is 22.0 Å². The average molecular weight is 453 g/mol. The number of esters is 1. The third kappa shape index (κ3) is 7.07. The normalized spacial score (nSPS) is 15.4. The molecule has 31 heavy (non-hydrogen) atoms. The van der Waals surface area contributed by atoms with Gasteiger partial charge in [0.05, 0.1) is 0 Å². The number of halogens is 5. The van der Waals surface area contributed by atoms with Gasteiger partial charge in [-0.05, 0) is 40.4 Å². The number of rotatable bonds is 9. The summed E-state index contributed by atoms with van der Waals surface area (Å²) in [6.07, 6.45) is -3.81. The minimum absolute atomic E-state index is 0.0463. The summed E-state index contributed by atoms with van der Waals surface area (Å²) < 4.78 is 71.1. The lowest BCUT2D eigenvalue weighted by atomic mass is 9.57. The first-order valence-electron chi connectivity index (χ1n) is 10.2. The van der Waals surface area contributed by atoms with Crippen LogP contribution in [0, 0.1) is 10.8 Å². The molecule has 0 radical (unpaired) electrons. The second-order valence-corrected chi connectivity index (χ2v) is 9.95. The van der Waals surface area contributed by atoms with Crippen LogP contribution < -0.4 is 4.74 Å². The molecule has 0 saturated heterocycles. The highest BCUT2D eigenvalue weighted by molar-refractivity contribution is 5.71. The Kier molecular flexibility index (Phi) is 8.18. The topological polar surface area (TPSA) is 35.5 Å². The lowest BCUT2D eigenvalue weighted by Crippen LogP contribution is -2.41. The van der Waals surface area contributed by atoms with E-state index in [4.69, 9.17) is 4.74 Å². The molecule has 0 N–H and O–H groups in total. The van der Waals surface area contributed by atoms with Gasteiger partial charge in [-0.15, -0.1) is 0 Å². The van der Waals surface area contributed by atoms with E-state index in [0.29, 0.717) is 0 Å². The molecule has 3 nitrogen and oxygen atoms in total. The molecule has 0 bridgehead atoms. The summed E-state index contributed by atoms with van der Waals surface area (Å²) in [5, 5.41) is 0. The minimum atomic E-state index is -5.78. The van der Waals surface area contributed by atoms with Crippen molar-refractivity contribution in [3.8, 4) is 5.75 Å². The Morgan fingerprint density at radius 2 is 1.42 bits per heavy atom. The Labute approximate surface area is 181 Å². The van der Waals surface area contributed by atoms with Gasteiger partial charge in [0, 0.05) is 0 Å². The van der Waals surface area contributed by atoms with Gasteiger partial charge < -0.3 is 9.47 Å². The number of hydrogen-bond acceptors (Lipinski definition) is 3. The Hall–Kier alpha value is -1.86. The van der Waals surface area contributed by atoms with Crippen LogP contribution >= 0.6 is 0 Å². The Balaban J connectivity index is 2.83. The molecule has 0 saturated carbocycles. The maximum Gasteiger partial charge on any atom is 0.456 e. The molecule has 0 aliphatic carbocycles. The Morgan fingerprint density at radius 3 is 1.84 bits per heavy atom. The Morgan fingerprint density at radius 1 is 0.903 bits per heavy atom. The third-order valence-electron chi connectivity index (χ3n) is 6.12. The monoisotopic (exact) mass is 452 g/mol. The van der Waals surface area contributed by atoms with Crippen molar-refractivity contribution in [1.29, 1.82) is 0 Å². The predicted molar refractivity (Wildman–Crippen MR) is 109 cm³/mol. The molecule has 1 rings (SSSR count). The molecule has 1 atom stereocenters. The largest absolute Gasteiger partial charge is 0.482 e. The van der Waals surface area contributed by atoms with Crippen molar-refractivity contribution >= 4 is 5.97 Å². The van der Waals surface area contributed by atoms with E-state index in [0.717, 1.165) is 18.4 Å². The van der Waals surface area contributed by atoms with Gasteiger partial charge in [0.2, 0.25) is 0 Å². The second kappa shape index (κ2) is 9.33. The van der Waals surface area contributed by atoms with Crippen molar-refractivity contribution < 1.29 is 36.2 Å². The van der Waals surface area contributed by atoms with Crippen molar-refractivity contribution in [3.63, 3.8) is 0 Å². The van der Waals surface area contributed by atoms with Crippen molar-refractivity contribution in [2.75, 3.05) is 13.2 Å². The zero-order valence-corrected chi connectivity index (χ0v) is 19.3. The molecular weight excluding hydrogens is 419 g/mol. The smallest absolute Gasteiger partial charge is 0.456 e. The zero-order chi connectivity index (χ0) is 24.3. The van der Waals surface area contributed by atoms with Gasteiger partial charge in [-0.1, -0.05) is 67.0 Å². The molecule has 0 heterocycles. The second-order valence-electron chi connectivity index (χ2n) is 9.95. The van der Waals surface area contributed by atoms with Crippen LogP contribution in [0.5, 0.6) is 5.75 Å². The molecule has 1 aromatic rings. The van der Waals surface area contributed by atoms with Crippen LogP contribution in [-0.2, 0) is 14.9 Å². The predicted octanol–water partition coefficient (Wildman–Crippen LogP) is 6.94. The summed E-state index contributed by atoms with van der Waals surface area (Å²) >= 11 is 0. The van der Waals surface area contributed by atoms with Crippen molar-refractivity contribution in [2.24, 2.45) is 10.8 Å². The third-order valence-corrected chi connectivity index (χ3v) is 6.12. The zero-order valence-electron chi connectivity index (χ0n) is 19.3. The van der Waals surface area contributed by atoms with Crippen LogP contribution in [0.25, 0.3) is 0 Å². The van der Waals surface area contributed by atoms with Gasteiger partial charge in [-0.3, -0.25) is 0 Å². The van der Waals surface area contributed by atoms with E-state index < -0.39 is 31.3 Å². The van der Waals surface area contributed by atoms with E-state index in [9.17, 15) is 26.7 Å². The summed E-state index contributed by atoms with van der Waals surface area (Å²) in [6.45, 7) is 12.5. The molecule has 1 unspecified atom stereocenters. The van der Waals surface area contributed by atoms with Gasteiger partial charge in [-0.2, -0.15) is 22.0 Å². The summed E-state index contributed by atoms with van der Waals surface area (Å²) in [5.41, 5.74) is 1.00. The summed E-state index contributed by atoms with van der Waals surface area (Å²) in [5.74, 6) is -6.12. The lowest BCUT2D eigenvalue weighted by Gasteiger charge is -2.47. The number of hydrogen-bond donors (Lipinski definition) is 0. The molecule has 0 amide bonds. The highest BCUT2D eigenvalue weighted by Gasteiger charge is 2.58. The first-order valence-corrected chi connectivity index (χ1v) is 10.2. The Bertz CT molecular complexity index is 733. The number of carbonyl (C=O) groups excluding carboxylic acids is 1. The molecule has 8 heteroatoms. The standard InChI is InChI=1S/C23H33F5O3/c1-8-20(5,6)14-21(7,19(2,3)4)16-9-11-17(12-10-16)30-13-18(29)31-15-22(24,25)23(26,27)28/h9-12H,8,13-15H2,1-7H3. The van der Waals surface area contributed by atoms with Crippen molar-refractivity contribution in [3.05, 3.63) is 29.8 Å². The molecule has 0 aromatic heterocycles. The lowest BCUT2D eigenvalue weighted by molar-refractivity contribution is -0.294. The molecule has 1 aromatic carbocycles. The SMILES string of the molecule is CCC(C)(C)CC(C)(c1ccc(OCC(=O)OCC(F)(F)C(F)(F)F)cc1)C(C)(C)C. The fourth-order valence-corrected chi connectivity index (χ4v) is 3.24. The van der Waals surface area contributed by atoms with Gasteiger partial charge in [0.25, 0.3) is 0 Å². The average Bonchev–Trinajstić information content (AvgIpc) is 2.63. The minimum Gasteiger partial charge on any atom is -0.482 e. The van der Waals surface area contributed by atoms with Crippen molar-refractivity contribution in [2.45, 2.75) is 78.8 Å². The van der Waals surface area contributed by atoms with E-state index in [1.165, 1.54) is 0 Å². The van der Waals surface area contributed by atoms with E-state index >= 15 is 0 Å². The van der Waals surface area contributed by atoms with Crippen LogP contribution in [0.3, 0.4) is 0 Å². The van der Waals surface area contributed by atoms with E-state index in [2.05, 4.69) is 53.2 Å². The van der Waals surface area contributed by atoms with Crippen LogP contribution in [0.15, 0.2) is 24.3 Å². The fraction of sp³-hybridized carbons (Fsp3) is 0.696. The van der Waals surface area contributed by atoms with Crippen molar-refractivity contribution in [1.82, 2.24) is 0 Å². The number of benzene rings is 1. The quantitative estimate of drug-likeness (QED) is 0.301. The van der Waals surface area contributed by atoms with Crippen LogP contribution in [-0.4, -0.2) is 31.3 Å². The van der Waals surface area contributed by atoms with Crippen LogP contribution in [0.4, 0.5) is 22.0 Å². The maximum atomic E-state index is 12.8. The number of carbonyl (C=O) groups is 1. The number of alkyl halides is 5. The summed E-state index contributed by atoms with van der Waals surface area (Å²) in [6, 6.07) is 7.07. The van der Waals surface area contributed by atoms with E-state index in [1.54, 1.807) is 12.1 Å². The van der Waals surface area contributed by atoms with Crippen LogP contribution in [0.2, 0.25) is 0 Å².